The van der Waals surface area contributed by atoms with Crippen molar-refractivity contribution < 1.29 is 19.1 Å². The van der Waals surface area contributed by atoms with Gasteiger partial charge in [0.1, 0.15) is 15.9 Å². The number of carbonyl (C=O) groups excluding carboxylic acids is 2. The van der Waals surface area contributed by atoms with E-state index in [4.69, 9.17) is 12.2 Å². The number of carbonyl (C=O) groups is 2. The molecule has 1 fully saturated rings. The number of phenolic OH excluding ortho intramolecular Hbond substituents is 1. The minimum Gasteiger partial charge on any atom is -0.508 e. The zero-order chi connectivity index (χ0) is 21.5. The van der Waals surface area contributed by atoms with Crippen LogP contribution in [0, 0.1) is 5.82 Å². The van der Waals surface area contributed by atoms with Crippen LogP contribution in [0.3, 0.4) is 0 Å². The van der Waals surface area contributed by atoms with E-state index in [1.165, 1.54) is 36.0 Å². The van der Waals surface area contributed by atoms with Gasteiger partial charge in [-0.2, -0.15) is 0 Å². The number of anilines is 1. The first kappa shape index (κ1) is 22.0. The molecule has 0 aliphatic carbocycles. The van der Waals surface area contributed by atoms with Gasteiger partial charge >= 0.3 is 0 Å². The Bertz CT molecular complexity index is 959. The second-order valence-electron chi connectivity index (χ2n) is 6.79. The minimum atomic E-state index is -0.323. The molecule has 0 radical (unpaired) electrons. The van der Waals surface area contributed by atoms with E-state index in [1.54, 1.807) is 35.2 Å². The van der Waals surface area contributed by atoms with Crippen LogP contribution < -0.4 is 5.32 Å². The number of amides is 2. The SMILES string of the molecule is O=C(CCCCCN1C(=O)/C(=C/c2ccc(F)cc2)SC1=S)Nc1ccc(O)cc1. The number of thiocarbonyl (C=S) groups is 1. The lowest BCUT2D eigenvalue weighted by molar-refractivity contribution is -0.122. The minimum absolute atomic E-state index is 0.0893. The molecular formula is C22H21FN2O3S2. The van der Waals surface area contributed by atoms with Crippen LogP contribution in [0.5, 0.6) is 5.75 Å². The van der Waals surface area contributed by atoms with E-state index in [2.05, 4.69) is 5.32 Å². The molecule has 0 aromatic heterocycles. The Morgan fingerprint density at radius 3 is 2.50 bits per heavy atom. The molecule has 1 aliphatic rings. The van der Waals surface area contributed by atoms with Crippen molar-refractivity contribution in [3.8, 4) is 5.75 Å². The van der Waals surface area contributed by atoms with Crippen molar-refractivity contribution in [2.75, 3.05) is 11.9 Å². The highest BCUT2D eigenvalue weighted by molar-refractivity contribution is 8.26. The molecule has 8 heteroatoms. The van der Waals surface area contributed by atoms with Crippen LogP contribution in [0.4, 0.5) is 10.1 Å². The number of nitrogens with zero attached hydrogens (tertiary/aromatic N) is 1. The summed E-state index contributed by atoms with van der Waals surface area (Å²) in [5, 5.41) is 12.0. The molecule has 5 nitrogen and oxygen atoms in total. The molecule has 0 saturated carbocycles. The third kappa shape index (κ3) is 6.14. The monoisotopic (exact) mass is 444 g/mol. The lowest BCUT2D eigenvalue weighted by atomic mass is 10.1. The van der Waals surface area contributed by atoms with E-state index in [-0.39, 0.29) is 23.4 Å². The Morgan fingerprint density at radius 2 is 1.80 bits per heavy atom. The summed E-state index contributed by atoms with van der Waals surface area (Å²) >= 11 is 6.56. The number of hydrogen-bond donors (Lipinski definition) is 2. The van der Waals surface area contributed by atoms with E-state index in [0.29, 0.717) is 34.3 Å². The van der Waals surface area contributed by atoms with Crippen LogP contribution in [-0.2, 0) is 9.59 Å². The Balaban J connectivity index is 1.40. The van der Waals surface area contributed by atoms with Gasteiger partial charge in [-0.15, -0.1) is 0 Å². The summed E-state index contributed by atoms with van der Waals surface area (Å²) in [5.41, 5.74) is 1.39. The number of unbranched alkanes of at least 4 members (excludes halogenated alkanes) is 2. The van der Waals surface area contributed by atoms with Crippen LogP contribution in [-0.4, -0.2) is 32.7 Å². The first-order valence-electron chi connectivity index (χ1n) is 9.52. The van der Waals surface area contributed by atoms with Gasteiger partial charge in [-0.3, -0.25) is 14.5 Å². The number of nitrogens with one attached hydrogen (secondary N) is 1. The highest BCUT2D eigenvalue weighted by Crippen LogP contribution is 2.32. The molecule has 30 heavy (non-hydrogen) atoms. The van der Waals surface area contributed by atoms with Gasteiger partial charge in [-0.25, -0.2) is 4.39 Å². The summed E-state index contributed by atoms with van der Waals surface area (Å²) < 4.78 is 13.5. The molecule has 1 heterocycles. The van der Waals surface area contributed by atoms with Gasteiger partial charge < -0.3 is 10.4 Å². The highest BCUT2D eigenvalue weighted by atomic mass is 32.2. The van der Waals surface area contributed by atoms with Crippen molar-refractivity contribution in [3.05, 3.63) is 64.8 Å². The van der Waals surface area contributed by atoms with Gasteiger partial charge in [0.15, 0.2) is 0 Å². The van der Waals surface area contributed by atoms with Crippen molar-refractivity contribution in [2.24, 2.45) is 0 Å². The Morgan fingerprint density at radius 1 is 1.10 bits per heavy atom. The van der Waals surface area contributed by atoms with E-state index in [1.807, 2.05) is 0 Å². The first-order valence-corrected chi connectivity index (χ1v) is 10.7. The Labute approximate surface area is 184 Å². The molecular weight excluding hydrogens is 423 g/mol. The summed E-state index contributed by atoms with van der Waals surface area (Å²) in [7, 11) is 0. The fourth-order valence-corrected chi connectivity index (χ4v) is 4.21. The number of aromatic hydroxyl groups is 1. The quantitative estimate of drug-likeness (QED) is 0.261. The van der Waals surface area contributed by atoms with E-state index < -0.39 is 0 Å². The van der Waals surface area contributed by atoms with Gasteiger partial charge in [-0.05, 0) is 60.9 Å². The molecule has 2 aromatic rings. The predicted molar refractivity (Wildman–Crippen MR) is 121 cm³/mol. The van der Waals surface area contributed by atoms with E-state index in [0.717, 1.165) is 18.4 Å². The molecule has 0 bridgehead atoms. The molecule has 0 spiro atoms. The van der Waals surface area contributed by atoms with Crippen LogP contribution in [0.1, 0.15) is 31.2 Å². The van der Waals surface area contributed by atoms with Gasteiger partial charge in [0.05, 0.1) is 4.91 Å². The van der Waals surface area contributed by atoms with Crippen molar-refractivity contribution in [1.82, 2.24) is 4.90 Å². The highest BCUT2D eigenvalue weighted by Gasteiger charge is 2.31. The molecule has 2 aromatic carbocycles. The smallest absolute Gasteiger partial charge is 0.266 e. The number of benzene rings is 2. The van der Waals surface area contributed by atoms with Crippen LogP contribution in [0.15, 0.2) is 53.4 Å². The van der Waals surface area contributed by atoms with Gasteiger partial charge in [-0.1, -0.05) is 42.5 Å². The number of rotatable bonds is 8. The Hall–Kier alpha value is -2.71. The molecule has 156 valence electrons. The predicted octanol–water partition coefficient (Wildman–Crippen LogP) is 4.93. The molecule has 0 unspecified atom stereocenters. The van der Waals surface area contributed by atoms with Crippen LogP contribution in [0.25, 0.3) is 6.08 Å². The second-order valence-corrected chi connectivity index (χ2v) is 8.47. The standard InChI is InChI=1S/C22H21FN2O3S2/c23-16-7-5-15(6-8-16)14-19-21(28)25(22(29)30-19)13-3-1-2-4-20(27)24-17-9-11-18(26)12-10-17/h5-12,14,26H,1-4,13H2,(H,24,27)/b19-14-. The molecule has 2 amide bonds. The number of halogens is 1. The van der Waals surface area contributed by atoms with Gasteiger partial charge in [0.25, 0.3) is 5.91 Å². The average molecular weight is 445 g/mol. The topological polar surface area (TPSA) is 69.6 Å². The summed E-state index contributed by atoms with van der Waals surface area (Å²) in [6, 6.07) is 12.2. The van der Waals surface area contributed by atoms with Crippen LogP contribution >= 0.6 is 24.0 Å². The summed E-state index contributed by atoms with van der Waals surface area (Å²) in [6.07, 6.45) is 4.32. The first-order chi connectivity index (χ1) is 14.4. The number of phenols is 1. The van der Waals surface area contributed by atoms with Crippen molar-refractivity contribution >= 4 is 51.9 Å². The van der Waals surface area contributed by atoms with Gasteiger partial charge in [0.2, 0.25) is 5.91 Å². The van der Waals surface area contributed by atoms with E-state index in [9.17, 15) is 19.1 Å². The van der Waals surface area contributed by atoms with Crippen LogP contribution in [0.2, 0.25) is 0 Å². The van der Waals surface area contributed by atoms with Gasteiger partial charge in [0, 0.05) is 18.7 Å². The molecule has 0 atom stereocenters. The number of hydrogen-bond acceptors (Lipinski definition) is 5. The average Bonchev–Trinajstić information content (AvgIpc) is 2.98. The fourth-order valence-electron chi connectivity index (χ4n) is 2.90. The maximum Gasteiger partial charge on any atom is 0.266 e. The largest absolute Gasteiger partial charge is 0.508 e. The maximum atomic E-state index is 13.0. The zero-order valence-electron chi connectivity index (χ0n) is 16.1. The summed E-state index contributed by atoms with van der Waals surface area (Å²) in [5.74, 6) is -0.402. The fraction of sp³-hybridized carbons (Fsp3) is 0.227. The Kier molecular flexibility index (Phi) is 7.59. The molecule has 1 saturated heterocycles. The third-order valence-corrected chi connectivity index (χ3v) is 5.86. The van der Waals surface area contributed by atoms with Crippen molar-refractivity contribution in [1.29, 1.82) is 0 Å². The number of thioether (sulfide) groups is 1. The molecule has 2 N–H and O–H groups in total. The lowest BCUT2D eigenvalue weighted by Gasteiger charge is -2.14. The normalized spacial score (nSPS) is 15.1. The second kappa shape index (κ2) is 10.4. The summed E-state index contributed by atoms with van der Waals surface area (Å²) in [4.78, 5) is 26.6. The maximum absolute atomic E-state index is 13.0. The molecule has 1 aliphatic heterocycles. The molecule has 3 rings (SSSR count). The van der Waals surface area contributed by atoms with Crippen molar-refractivity contribution in [2.45, 2.75) is 25.7 Å². The third-order valence-electron chi connectivity index (χ3n) is 4.48. The zero-order valence-corrected chi connectivity index (χ0v) is 17.8. The lowest BCUT2D eigenvalue weighted by Crippen LogP contribution is -2.29. The van der Waals surface area contributed by atoms with Crippen molar-refractivity contribution in [3.63, 3.8) is 0 Å². The summed E-state index contributed by atoms with van der Waals surface area (Å²) in [6.45, 7) is 0.505. The van der Waals surface area contributed by atoms with E-state index >= 15 is 0 Å².